The highest BCUT2D eigenvalue weighted by molar-refractivity contribution is 6.29. The molecule has 0 spiro atoms. The molecule has 2 nitrogen and oxygen atoms in total. The molecule has 2 rings (SSSR count). The number of alkyl halides is 3. The molecule has 6 heteroatoms. The quantitative estimate of drug-likeness (QED) is 0.845. The van der Waals surface area contributed by atoms with Crippen molar-refractivity contribution < 1.29 is 13.2 Å². The topological polar surface area (TPSA) is 24.9 Å². The van der Waals surface area contributed by atoms with Crippen molar-refractivity contribution >= 4 is 11.6 Å². The van der Waals surface area contributed by atoms with E-state index in [1.165, 1.54) is 18.9 Å². The van der Waals surface area contributed by atoms with E-state index in [9.17, 15) is 13.2 Å². The molecule has 0 radical (unpaired) electrons. The summed E-state index contributed by atoms with van der Waals surface area (Å²) in [6.45, 7) is 1.24. The van der Waals surface area contributed by atoms with E-state index in [1.54, 1.807) is 0 Å². The summed E-state index contributed by atoms with van der Waals surface area (Å²) >= 11 is 5.57. The van der Waals surface area contributed by atoms with Crippen molar-refractivity contribution in [1.82, 2.24) is 10.3 Å². The van der Waals surface area contributed by atoms with E-state index in [-0.39, 0.29) is 5.15 Å². The number of rotatable bonds is 4. The van der Waals surface area contributed by atoms with E-state index in [0.717, 1.165) is 12.6 Å². The zero-order valence-corrected chi connectivity index (χ0v) is 9.78. The first-order valence-corrected chi connectivity index (χ1v) is 5.77. The molecule has 1 aromatic heterocycles. The predicted octanol–water partition coefficient (Wildman–Crippen LogP) is 3.25. The summed E-state index contributed by atoms with van der Waals surface area (Å²) in [7, 11) is 0. The normalized spacial score (nSPS) is 16.2. The van der Waals surface area contributed by atoms with Crippen LogP contribution in [0.1, 0.15) is 24.1 Å². The zero-order valence-electron chi connectivity index (χ0n) is 9.02. The van der Waals surface area contributed by atoms with Gasteiger partial charge in [0.25, 0.3) is 0 Å². The van der Waals surface area contributed by atoms with Gasteiger partial charge in [-0.15, -0.1) is 0 Å². The van der Waals surface area contributed by atoms with Crippen LogP contribution in [0.15, 0.2) is 12.1 Å². The highest BCUT2D eigenvalue weighted by Crippen LogP contribution is 2.30. The Labute approximate surface area is 102 Å². The molecule has 1 aliphatic rings. The Morgan fingerprint density at radius 3 is 2.65 bits per heavy atom. The minimum atomic E-state index is -4.45. The van der Waals surface area contributed by atoms with Crippen molar-refractivity contribution in [2.45, 2.75) is 25.6 Å². The maximum atomic E-state index is 12.5. The second-order valence-electron chi connectivity index (χ2n) is 4.26. The number of hydrogen-bond donors (Lipinski definition) is 1. The Hall–Kier alpha value is -0.810. The largest absolute Gasteiger partial charge is 0.433 e. The van der Waals surface area contributed by atoms with Crippen LogP contribution >= 0.6 is 11.6 Å². The average molecular weight is 265 g/mol. The molecule has 17 heavy (non-hydrogen) atoms. The average Bonchev–Trinajstić information content (AvgIpc) is 2.99. The minimum absolute atomic E-state index is 0.122. The van der Waals surface area contributed by atoms with Crippen LogP contribution in [-0.2, 0) is 12.7 Å². The van der Waals surface area contributed by atoms with Gasteiger partial charge in [-0.1, -0.05) is 11.6 Å². The van der Waals surface area contributed by atoms with Crippen molar-refractivity contribution in [2.75, 3.05) is 6.54 Å². The smallest absolute Gasteiger partial charge is 0.312 e. The molecular formula is C11H12ClF3N2. The molecule has 1 saturated carbocycles. The molecule has 0 bridgehead atoms. The first-order chi connectivity index (χ1) is 7.95. The van der Waals surface area contributed by atoms with Gasteiger partial charge < -0.3 is 5.32 Å². The number of nitrogens with one attached hydrogen (secondary N) is 1. The second kappa shape index (κ2) is 4.82. The van der Waals surface area contributed by atoms with Gasteiger partial charge in [-0.05, 0) is 43.0 Å². The van der Waals surface area contributed by atoms with Gasteiger partial charge in [-0.25, -0.2) is 4.98 Å². The van der Waals surface area contributed by atoms with Gasteiger partial charge in [-0.2, -0.15) is 13.2 Å². The monoisotopic (exact) mass is 264 g/mol. The number of pyridine rings is 1. The molecule has 94 valence electrons. The molecule has 0 unspecified atom stereocenters. The van der Waals surface area contributed by atoms with Gasteiger partial charge in [-0.3, -0.25) is 0 Å². The van der Waals surface area contributed by atoms with Crippen molar-refractivity contribution in [3.05, 3.63) is 28.5 Å². The Morgan fingerprint density at radius 1 is 1.35 bits per heavy atom. The lowest BCUT2D eigenvalue weighted by Gasteiger charge is -2.09. The highest BCUT2D eigenvalue weighted by Gasteiger charge is 2.33. The third kappa shape index (κ3) is 3.85. The van der Waals surface area contributed by atoms with Gasteiger partial charge in [0.05, 0.1) is 0 Å². The third-order valence-electron chi connectivity index (χ3n) is 2.60. The summed E-state index contributed by atoms with van der Waals surface area (Å²) in [5.41, 5.74) is -0.425. The summed E-state index contributed by atoms with van der Waals surface area (Å²) in [5.74, 6) is 0.689. The number of hydrogen-bond acceptors (Lipinski definition) is 2. The predicted molar refractivity (Wildman–Crippen MR) is 58.7 cm³/mol. The van der Waals surface area contributed by atoms with E-state index in [1.807, 2.05) is 0 Å². The standard InChI is InChI=1S/C11H12ClF3N2/c12-10-4-8(6-16-5-7-1-2-7)3-9(17-10)11(13,14)15/h3-4,7,16H,1-2,5-6H2. The molecule has 1 heterocycles. The minimum Gasteiger partial charge on any atom is -0.312 e. The van der Waals surface area contributed by atoms with Crippen LogP contribution < -0.4 is 5.32 Å². The Morgan fingerprint density at radius 2 is 2.06 bits per heavy atom. The van der Waals surface area contributed by atoms with Crippen LogP contribution in [0, 0.1) is 5.92 Å². The summed E-state index contributed by atoms with van der Waals surface area (Å²) in [4.78, 5) is 3.27. The maximum Gasteiger partial charge on any atom is 0.433 e. The van der Waals surface area contributed by atoms with E-state index in [2.05, 4.69) is 10.3 Å². The van der Waals surface area contributed by atoms with E-state index < -0.39 is 11.9 Å². The van der Waals surface area contributed by atoms with Crippen LogP contribution in [-0.4, -0.2) is 11.5 Å². The van der Waals surface area contributed by atoms with Crippen LogP contribution in [0.5, 0.6) is 0 Å². The number of aromatic nitrogens is 1. The Kier molecular flexibility index (Phi) is 3.58. The maximum absolute atomic E-state index is 12.5. The SMILES string of the molecule is FC(F)(F)c1cc(CNCC2CC2)cc(Cl)n1. The molecule has 1 aromatic rings. The van der Waals surface area contributed by atoms with Crippen molar-refractivity contribution in [3.63, 3.8) is 0 Å². The van der Waals surface area contributed by atoms with Gasteiger partial charge in [0.1, 0.15) is 10.8 Å². The van der Waals surface area contributed by atoms with E-state index >= 15 is 0 Å². The lowest BCUT2D eigenvalue weighted by Crippen LogP contribution is -2.17. The molecule has 1 fully saturated rings. The van der Waals surface area contributed by atoms with Crippen molar-refractivity contribution in [3.8, 4) is 0 Å². The van der Waals surface area contributed by atoms with Gasteiger partial charge >= 0.3 is 6.18 Å². The molecule has 0 saturated heterocycles. The fourth-order valence-electron chi connectivity index (χ4n) is 1.54. The summed E-state index contributed by atoms with van der Waals surface area (Å²) < 4.78 is 37.4. The van der Waals surface area contributed by atoms with Crippen LogP contribution in [0.4, 0.5) is 13.2 Å². The van der Waals surface area contributed by atoms with E-state index in [4.69, 9.17) is 11.6 Å². The lowest BCUT2D eigenvalue weighted by molar-refractivity contribution is -0.141. The molecular weight excluding hydrogens is 253 g/mol. The first kappa shape index (κ1) is 12.6. The fourth-order valence-corrected chi connectivity index (χ4v) is 1.77. The van der Waals surface area contributed by atoms with Gasteiger partial charge in [0.2, 0.25) is 0 Å². The molecule has 0 aromatic carbocycles. The molecule has 0 aliphatic heterocycles. The van der Waals surface area contributed by atoms with Crippen LogP contribution in [0.3, 0.4) is 0 Å². The molecule has 0 atom stereocenters. The Balaban J connectivity index is 2.02. The van der Waals surface area contributed by atoms with Gasteiger partial charge in [0.15, 0.2) is 0 Å². The molecule has 1 N–H and O–H groups in total. The van der Waals surface area contributed by atoms with Crippen LogP contribution in [0.2, 0.25) is 5.15 Å². The summed E-state index contributed by atoms with van der Waals surface area (Å²) in [5, 5.41) is 2.99. The third-order valence-corrected chi connectivity index (χ3v) is 2.80. The highest BCUT2D eigenvalue weighted by atomic mass is 35.5. The van der Waals surface area contributed by atoms with Crippen molar-refractivity contribution in [1.29, 1.82) is 0 Å². The molecule has 0 amide bonds. The molecule has 1 aliphatic carbocycles. The number of halogens is 4. The van der Waals surface area contributed by atoms with E-state index in [0.29, 0.717) is 18.0 Å². The first-order valence-electron chi connectivity index (χ1n) is 5.39. The van der Waals surface area contributed by atoms with Crippen molar-refractivity contribution in [2.24, 2.45) is 5.92 Å². The fraction of sp³-hybridized carbons (Fsp3) is 0.545. The second-order valence-corrected chi connectivity index (χ2v) is 4.64. The number of nitrogens with zero attached hydrogens (tertiary/aromatic N) is 1. The zero-order chi connectivity index (χ0) is 12.5. The summed E-state index contributed by atoms with van der Waals surface area (Å²) in [6, 6.07) is 2.49. The van der Waals surface area contributed by atoms with Crippen LogP contribution in [0.25, 0.3) is 0 Å². The Bertz CT molecular complexity index is 402. The lowest BCUT2D eigenvalue weighted by atomic mass is 10.2. The summed E-state index contributed by atoms with van der Waals surface area (Å²) in [6.07, 6.45) is -2.04. The van der Waals surface area contributed by atoms with Gasteiger partial charge in [0, 0.05) is 6.54 Å².